The topological polar surface area (TPSA) is 73.3 Å². The Morgan fingerprint density at radius 3 is 2.57 bits per heavy atom. The van der Waals surface area contributed by atoms with Crippen LogP contribution in [-0.4, -0.2) is 22.7 Å². The van der Waals surface area contributed by atoms with Gasteiger partial charge in [0.2, 0.25) is 12.7 Å². The van der Waals surface area contributed by atoms with E-state index in [0.29, 0.717) is 18.0 Å². The van der Waals surface area contributed by atoms with E-state index < -0.39 is 5.41 Å². The molecule has 1 fully saturated rings. The number of hydrogen-bond acceptors (Lipinski definition) is 5. The molecule has 0 atom stereocenters. The highest BCUT2D eigenvalue weighted by Gasteiger charge is 2.51. The van der Waals surface area contributed by atoms with Crippen molar-refractivity contribution in [2.75, 3.05) is 12.1 Å². The van der Waals surface area contributed by atoms with Crippen molar-refractivity contribution in [3.63, 3.8) is 0 Å². The number of nitrogens with zero attached hydrogens (tertiary/aromatic N) is 2. The lowest BCUT2D eigenvalue weighted by molar-refractivity contribution is -0.118. The maximum Gasteiger partial charge on any atom is 0.236 e. The molecule has 0 spiro atoms. The van der Waals surface area contributed by atoms with Crippen LogP contribution in [0.1, 0.15) is 29.7 Å². The highest BCUT2D eigenvalue weighted by atomic mass is 16.7. The third-order valence-corrected chi connectivity index (χ3v) is 5.28. The molecule has 140 valence electrons. The number of hydrogen-bond donors (Lipinski definition) is 1. The number of fused-ring (bicyclic) bond motifs is 1. The Morgan fingerprint density at radius 1 is 1.00 bits per heavy atom. The van der Waals surface area contributed by atoms with Crippen LogP contribution in [0.4, 0.5) is 5.82 Å². The summed E-state index contributed by atoms with van der Waals surface area (Å²) in [5.74, 6) is 1.83. The van der Waals surface area contributed by atoms with Crippen molar-refractivity contribution in [1.82, 2.24) is 9.97 Å². The lowest BCUT2D eigenvalue weighted by Gasteiger charge is -2.16. The molecule has 28 heavy (non-hydrogen) atoms. The van der Waals surface area contributed by atoms with Crippen LogP contribution < -0.4 is 14.8 Å². The Hall–Kier alpha value is -3.41. The van der Waals surface area contributed by atoms with Crippen molar-refractivity contribution >= 4 is 11.7 Å². The van der Waals surface area contributed by atoms with Crippen LogP contribution in [0.15, 0.2) is 60.9 Å². The maximum atomic E-state index is 12.9. The monoisotopic (exact) mass is 373 g/mol. The van der Waals surface area contributed by atoms with E-state index in [1.807, 2.05) is 36.4 Å². The standard InChI is InChI=1S/C22H19N3O3/c26-21(22(8-9-22)16-6-7-18-19(11-16)28-14-27-18)25-20-13-23-17(12-24-20)10-15-4-2-1-3-5-15/h1-7,11-13H,8-10,14H2,(H,24,25,26). The molecule has 6 heteroatoms. The number of anilines is 1. The minimum atomic E-state index is -0.522. The van der Waals surface area contributed by atoms with Gasteiger partial charge in [-0.25, -0.2) is 4.98 Å². The van der Waals surface area contributed by atoms with Gasteiger partial charge in [-0.15, -0.1) is 0 Å². The van der Waals surface area contributed by atoms with Gasteiger partial charge in [0.1, 0.15) is 0 Å². The van der Waals surface area contributed by atoms with Crippen LogP contribution in [0.5, 0.6) is 11.5 Å². The molecule has 2 heterocycles. The van der Waals surface area contributed by atoms with Crippen molar-refractivity contribution in [3.8, 4) is 11.5 Å². The first-order valence-corrected chi connectivity index (χ1v) is 9.29. The Labute approximate surface area is 162 Å². The molecule has 1 amide bonds. The van der Waals surface area contributed by atoms with Crippen molar-refractivity contribution in [2.24, 2.45) is 0 Å². The second-order valence-electron chi connectivity index (χ2n) is 7.16. The Balaban J connectivity index is 1.29. The van der Waals surface area contributed by atoms with Gasteiger partial charge in [-0.2, -0.15) is 0 Å². The summed E-state index contributed by atoms with van der Waals surface area (Å²) in [5.41, 5.74) is 2.46. The average Bonchev–Trinajstić information content (AvgIpc) is 3.41. The molecule has 2 aliphatic rings. The molecule has 0 unspecified atom stereocenters. The fourth-order valence-electron chi connectivity index (χ4n) is 3.52. The van der Waals surface area contributed by atoms with Crippen LogP contribution >= 0.6 is 0 Å². The number of aromatic nitrogens is 2. The SMILES string of the molecule is O=C(Nc1cnc(Cc2ccccc2)cn1)C1(c2ccc3c(c2)OCO3)CC1. The second-order valence-corrected chi connectivity index (χ2v) is 7.16. The summed E-state index contributed by atoms with van der Waals surface area (Å²) in [4.78, 5) is 21.7. The molecule has 3 aromatic rings. The van der Waals surface area contributed by atoms with Gasteiger partial charge in [0, 0.05) is 6.42 Å². The zero-order valence-corrected chi connectivity index (χ0v) is 15.2. The Morgan fingerprint density at radius 2 is 1.82 bits per heavy atom. The van der Waals surface area contributed by atoms with Gasteiger partial charge in [0.05, 0.1) is 23.5 Å². The molecular weight excluding hydrogens is 354 g/mol. The molecule has 0 saturated heterocycles. The van der Waals surface area contributed by atoms with Gasteiger partial charge >= 0.3 is 0 Å². The van der Waals surface area contributed by atoms with E-state index in [1.165, 1.54) is 5.56 Å². The van der Waals surface area contributed by atoms with Gasteiger partial charge in [0.25, 0.3) is 0 Å². The first kappa shape index (κ1) is 16.7. The summed E-state index contributed by atoms with van der Waals surface area (Å²) in [5, 5.41) is 2.92. The smallest absolute Gasteiger partial charge is 0.236 e. The number of nitrogens with one attached hydrogen (secondary N) is 1. The fourth-order valence-corrected chi connectivity index (χ4v) is 3.52. The zero-order valence-electron chi connectivity index (χ0n) is 15.2. The van der Waals surface area contributed by atoms with E-state index in [2.05, 4.69) is 27.4 Å². The van der Waals surface area contributed by atoms with E-state index in [9.17, 15) is 4.79 Å². The molecule has 2 aromatic carbocycles. The number of carbonyl (C=O) groups excluding carboxylic acids is 1. The molecule has 1 N–H and O–H groups in total. The van der Waals surface area contributed by atoms with E-state index in [-0.39, 0.29) is 12.7 Å². The van der Waals surface area contributed by atoms with Gasteiger partial charge in [-0.3, -0.25) is 9.78 Å². The highest BCUT2D eigenvalue weighted by molar-refractivity contribution is 6.00. The number of rotatable bonds is 5. The Bertz CT molecular complexity index is 1010. The predicted octanol–water partition coefficient (Wildman–Crippen LogP) is 3.47. The summed E-state index contributed by atoms with van der Waals surface area (Å²) in [6.07, 6.45) is 5.65. The average molecular weight is 373 g/mol. The van der Waals surface area contributed by atoms with E-state index in [4.69, 9.17) is 9.47 Å². The predicted molar refractivity (Wildman–Crippen MR) is 103 cm³/mol. The van der Waals surface area contributed by atoms with Gasteiger partial charge in [-0.1, -0.05) is 36.4 Å². The van der Waals surface area contributed by atoms with Crippen molar-refractivity contribution in [1.29, 1.82) is 0 Å². The molecule has 5 rings (SSSR count). The summed E-state index contributed by atoms with van der Waals surface area (Å²) in [6.45, 7) is 0.225. The summed E-state index contributed by atoms with van der Waals surface area (Å²) in [6, 6.07) is 15.8. The number of carbonyl (C=O) groups is 1. The third kappa shape index (κ3) is 3.07. The quantitative estimate of drug-likeness (QED) is 0.741. The van der Waals surface area contributed by atoms with Crippen LogP contribution in [0.3, 0.4) is 0 Å². The minimum Gasteiger partial charge on any atom is -0.454 e. The molecule has 0 radical (unpaired) electrons. The first-order chi connectivity index (χ1) is 13.7. The van der Waals surface area contributed by atoms with E-state index >= 15 is 0 Å². The Kier molecular flexibility index (Phi) is 3.97. The molecule has 1 aliphatic heterocycles. The van der Waals surface area contributed by atoms with Crippen LogP contribution in [0.2, 0.25) is 0 Å². The molecule has 0 bridgehead atoms. The summed E-state index contributed by atoms with van der Waals surface area (Å²) in [7, 11) is 0. The normalized spacial score (nSPS) is 15.9. The lowest BCUT2D eigenvalue weighted by Crippen LogP contribution is -2.28. The summed E-state index contributed by atoms with van der Waals surface area (Å²) < 4.78 is 10.8. The van der Waals surface area contributed by atoms with Crippen LogP contribution in [-0.2, 0) is 16.6 Å². The fraction of sp³-hybridized carbons (Fsp3) is 0.227. The molecule has 1 aromatic heterocycles. The highest BCUT2D eigenvalue weighted by Crippen LogP contribution is 2.51. The minimum absolute atomic E-state index is 0.0588. The van der Waals surface area contributed by atoms with Crippen LogP contribution in [0, 0.1) is 0 Å². The van der Waals surface area contributed by atoms with Gasteiger partial charge < -0.3 is 14.8 Å². The van der Waals surface area contributed by atoms with Crippen molar-refractivity contribution in [2.45, 2.75) is 24.7 Å². The first-order valence-electron chi connectivity index (χ1n) is 9.29. The maximum absolute atomic E-state index is 12.9. The largest absolute Gasteiger partial charge is 0.454 e. The van der Waals surface area contributed by atoms with E-state index in [0.717, 1.165) is 29.8 Å². The number of ether oxygens (including phenoxy) is 2. The molecular formula is C22H19N3O3. The van der Waals surface area contributed by atoms with Gasteiger partial charge in [-0.05, 0) is 36.1 Å². The zero-order chi connectivity index (χ0) is 19.0. The lowest BCUT2D eigenvalue weighted by atomic mass is 9.94. The van der Waals surface area contributed by atoms with E-state index in [1.54, 1.807) is 12.4 Å². The molecule has 1 aliphatic carbocycles. The van der Waals surface area contributed by atoms with Crippen LogP contribution in [0.25, 0.3) is 0 Å². The van der Waals surface area contributed by atoms with Crippen molar-refractivity contribution in [3.05, 3.63) is 77.7 Å². The summed E-state index contributed by atoms with van der Waals surface area (Å²) >= 11 is 0. The molecule has 6 nitrogen and oxygen atoms in total. The second kappa shape index (κ2) is 6.64. The van der Waals surface area contributed by atoms with Gasteiger partial charge in [0.15, 0.2) is 17.3 Å². The molecule has 1 saturated carbocycles. The third-order valence-electron chi connectivity index (χ3n) is 5.28. The van der Waals surface area contributed by atoms with Crippen molar-refractivity contribution < 1.29 is 14.3 Å². The number of amides is 1. The number of benzene rings is 2.